The molecule has 0 saturated carbocycles. The van der Waals surface area contributed by atoms with Crippen molar-refractivity contribution >= 4 is 15.7 Å². The van der Waals surface area contributed by atoms with Crippen molar-refractivity contribution in [3.05, 3.63) is 23.8 Å². The first-order chi connectivity index (χ1) is 7.50. The Bertz CT molecular complexity index is 393. The summed E-state index contributed by atoms with van der Waals surface area (Å²) in [5.74, 6) is 1.55. The summed E-state index contributed by atoms with van der Waals surface area (Å²) in [4.78, 5) is 0. The average Bonchev–Trinajstić information content (AvgIpc) is 2.51. The molecule has 0 aromatic heterocycles. The molecule has 0 fully saturated rings. The largest absolute Gasteiger partial charge is 0.467 e. The van der Waals surface area contributed by atoms with Gasteiger partial charge in [0.15, 0.2) is 32.8 Å². The summed E-state index contributed by atoms with van der Waals surface area (Å²) in [5, 5.41) is 9.59. The normalized spacial score (nSPS) is 18.4. The first-order valence-corrected chi connectivity index (χ1v) is 5.69. The van der Waals surface area contributed by atoms with Gasteiger partial charge in [-0.3, -0.25) is 0 Å². The maximum Gasteiger partial charge on any atom is 0.197 e. The molecule has 0 aliphatic carbocycles. The fraction of sp³-hybridized carbons (Fsp3) is 0.455. The smallest absolute Gasteiger partial charge is 0.197 e. The average molecular weight is 218 g/mol. The number of hydrogen-bond donors (Lipinski definition) is 1. The number of aliphatic hydroxyl groups is 1. The van der Waals surface area contributed by atoms with Gasteiger partial charge >= 0.3 is 0 Å². The van der Waals surface area contributed by atoms with Crippen molar-refractivity contribution in [2.45, 2.75) is 31.5 Å². The molecular weight excluding hydrogens is 202 g/mol. The molecule has 1 aromatic carbocycles. The molecule has 1 aliphatic rings. The van der Waals surface area contributed by atoms with Gasteiger partial charge < -0.3 is 14.6 Å². The maximum absolute atomic E-state index is 9.59. The number of fused-ring (bicyclic) bond motifs is 1. The molecule has 84 valence electrons. The van der Waals surface area contributed by atoms with E-state index in [1.807, 2.05) is 40.8 Å². The number of rotatable bonds is 3. The SMILES string of the molecule is BC1(B)Oc2ccc(C[C@H](O)CC)cc2O1. The second-order valence-electron chi connectivity index (χ2n) is 4.65. The first kappa shape index (κ1) is 11.4. The quantitative estimate of drug-likeness (QED) is 0.704. The molecular formula is C11H16B2O3. The highest BCUT2D eigenvalue weighted by Crippen LogP contribution is 2.37. The van der Waals surface area contributed by atoms with Gasteiger partial charge in [0.05, 0.1) is 6.10 Å². The Labute approximate surface area is 97.6 Å². The van der Waals surface area contributed by atoms with E-state index in [1.54, 1.807) is 0 Å². The van der Waals surface area contributed by atoms with E-state index in [-0.39, 0.29) is 6.10 Å². The third-order valence-electron chi connectivity index (χ3n) is 2.66. The monoisotopic (exact) mass is 218 g/mol. The zero-order valence-electron chi connectivity index (χ0n) is 9.99. The summed E-state index contributed by atoms with van der Waals surface area (Å²) in [6.07, 6.45) is 1.14. The Morgan fingerprint density at radius 1 is 1.31 bits per heavy atom. The van der Waals surface area contributed by atoms with Crippen LogP contribution in [0.15, 0.2) is 18.2 Å². The molecule has 0 radical (unpaired) electrons. The highest BCUT2D eigenvalue weighted by Gasteiger charge is 2.30. The Morgan fingerprint density at radius 2 is 2.00 bits per heavy atom. The Morgan fingerprint density at radius 3 is 2.69 bits per heavy atom. The molecule has 1 atom stereocenters. The van der Waals surface area contributed by atoms with Gasteiger partial charge in [0.25, 0.3) is 0 Å². The van der Waals surface area contributed by atoms with Crippen LogP contribution in [0.4, 0.5) is 0 Å². The summed E-state index contributed by atoms with van der Waals surface area (Å²) >= 11 is 0. The third kappa shape index (κ3) is 2.35. The van der Waals surface area contributed by atoms with Crippen molar-refractivity contribution in [2.75, 3.05) is 0 Å². The molecule has 16 heavy (non-hydrogen) atoms. The van der Waals surface area contributed by atoms with Gasteiger partial charge in [0.1, 0.15) is 0 Å². The molecule has 0 unspecified atom stereocenters. The maximum atomic E-state index is 9.59. The lowest BCUT2D eigenvalue weighted by Crippen LogP contribution is -2.39. The standard InChI is InChI=1S/C11H16B2O3/c1-2-8(14)5-7-3-4-9-10(6-7)16-11(12,13)15-9/h3-4,6,8,14H,2,5,12-13H2,1H3/t8-/m1/s1. The Balaban J connectivity index is 2.16. The van der Waals surface area contributed by atoms with Gasteiger partial charge in [0, 0.05) is 0 Å². The van der Waals surface area contributed by atoms with E-state index in [0.29, 0.717) is 6.42 Å². The Hall–Kier alpha value is -1.09. The Kier molecular flexibility index (Phi) is 2.89. The zero-order chi connectivity index (χ0) is 11.8. The highest BCUT2D eigenvalue weighted by molar-refractivity contribution is 6.38. The number of ether oxygens (including phenoxy) is 2. The van der Waals surface area contributed by atoms with Crippen molar-refractivity contribution in [1.29, 1.82) is 0 Å². The first-order valence-electron chi connectivity index (χ1n) is 5.69. The number of benzene rings is 1. The fourth-order valence-electron chi connectivity index (χ4n) is 1.81. The predicted molar refractivity (Wildman–Crippen MR) is 67.5 cm³/mol. The highest BCUT2D eigenvalue weighted by atomic mass is 16.7. The van der Waals surface area contributed by atoms with Crippen LogP contribution in [-0.2, 0) is 6.42 Å². The minimum atomic E-state index is -0.579. The predicted octanol–water partition coefficient (Wildman–Crippen LogP) is -0.351. The molecule has 1 N–H and O–H groups in total. The van der Waals surface area contributed by atoms with Gasteiger partial charge in [-0.2, -0.15) is 0 Å². The van der Waals surface area contributed by atoms with Crippen LogP contribution in [0.25, 0.3) is 0 Å². The van der Waals surface area contributed by atoms with E-state index in [4.69, 9.17) is 9.47 Å². The van der Waals surface area contributed by atoms with Gasteiger partial charge in [-0.15, -0.1) is 0 Å². The third-order valence-corrected chi connectivity index (χ3v) is 2.66. The topological polar surface area (TPSA) is 38.7 Å². The summed E-state index contributed by atoms with van der Waals surface area (Å²) in [6.45, 7) is 1.97. The van der Waals surface area contributed by atoms with Crippen molar-refractivity contribution in [2.24, 2.45) is 0 Å². The van der Waals surface area contributed by atoms with Crippen LogP contribution < -0.4 is 9.47 Å². The van der Waals surface area contributed by atoms with E-state index < -0.39 is 5.59 Å². The minimum Gasteiger partial charge on any atom is -0.467 e. The molecule has 2 rings (SSSR count). The number of aliphatic hydroxyl groups excluding tert-OH is 1. The van der Waals surface area contributed by atoms with E-state index in [9.17, 15) is 5.11 Å². The molecule has 5 heteroatoms. The van der Waals surface area contributed by atoms with Crippen LogP contribution in [0, 0.1) is 0 Å². The van der Waals surface area contributed by atoms with Gasteiger partial charge in [0.2, 0.25) is 0 Å². The molecule has 1 aromatic rings. The van der Waals surface area contributed by atoms with Crippen LogP contribution in [0.2, 0.25) is 0 Å². The van der Waals surface area contributed by atoms with Crippen LogP contribution in [0.5, 0.6) is 11.5 Å². The lowest BCUT2D eigenvalue weighted by molar-refractivity contribution is 0.0833. The van der Waals surface area contributed by atoms with Crippen LogP contribution >= 0.6 is 0 Å². The van der Waals surface area contributed by atoms with Crippen LogP contribution in [0.1, 0.15) is 18.9 Å². The minimum absolute atomic E-state index is 0.284. The van der Waals surface area contributed by atoms with E-state index in [2.05, 4.69) is 0 Å². The zero-order valence-corrected chi connectivity index (χ0v) is 9.99. The second-order valence-corrected chi connectivity index (χ2v) is 4.65. The molecule has 1 heterocycles. The van der Waals surface area contributed by atoms with E-state index in [0.717, 1.165) is 23.5 Å². The molecule has 0 bridgehead atoms. The second kappa shape index (κ2) is 4.06. The van der Waals surface area contributed by atoms with Crippen molar-refractivity contribution in [3.63, 3.8) is 0 Å². The van der Waals surface area contributed by atoms with Gasteiger partial charge in [-0.1, -0.05) is 13.0 Å². The van der Waals surface area contributed by atoms with Crippen molar-refractivity contribution in [1.82, 2.24) is 0 Å². The van der Waals surface area contributed by atoms with Crippen LogP contribution in [0.3, 0.4) is 0 Å². The summed E-state index contributed by atoms with van der Waals surface area (Å²) in [6, 6.07) is 5.83. The summed E-state index contributed by atoms with van der Waals surface area (Å²) < 4.78 is 11.2. The molecule has 3 nitrogen and oxygen atoms in total. The van der Waals surface area contributed by atoms with E-state index >= 15 is 0 Å². The molecule has 0 saturated heterocycles. The summed E-state index contributed by atoms with van der Waals surface area (Å²) in [5.41, 5.74) is 0.499. The fourth-order valence-corrected chi connectivity index (χ4v) is 1.81. The van der Waals surface area contributed by atoms with Gasteiger partial charge in [-0.05, 0) is 30.5 Å². The molecule has 1 aliphatic heterocycles. The van der Waals surface area contributed by atoms with Crippen LogP contribution in [-0.4, -0.2) is 32.5 Å². The lowest BCUT2D eigenvalue weighted by Gasteiger charge is -2.17. The lowest BCUT2D eigenvalue weighted by atomic mass is 9.76. The van der Waals surface area contributed by atoms with Crippen molar-refractivity contribution in [3.8, 4) is 11.5 Å². The van der Waals surface area contributed by atoms with Gasteiger partial charge in [-0.25, -0.2) is 0 Å². The molecule has 0 amide bonds. The van der Waals surface area contributed by atoms with E-state index in [1.165, 1.54) is 0 Å². The van der Waals surface area contributed by atoms with Crippen molar-refractivity contribution < 1.29 is 14.6 Å². The summed E-state index contributed by atoms with van der Waals surface area (Å²) in [7, 11) is 3.77. The number of hydrogen-bond acceptors (Lipinski definition) is 3. The molecule has 0 spiro atoms.